The fraction of sp³-hybridized carbons (Fsp3) is 0.235. The van der Waals surface area contributed by atoms with Crippen LogP contribution < -0.4 is 10.1 Å². The molecule has 23 heavy (non-hydrogen) atoms. The molecule has 120 valence electrons. The van der Waals surface area contributed by atoms with Crippen LogP contribution in [-0.4, -0.2) is 22.9 Å². The molecule has 0 radical (unpaired) electrons. The van der Waals surface area contributed by atoms with Crippen LogP contribution in [0.25, 0.3) is 0 Å². The molecule has 1 saturated heterocycles. The molecule has 1 aliphatic heterocycles. The first kappa shape index (κ1) is 15.8. The molecule has 0 spiro atoms. The van der Waals surface area contributed by atoms with Crippen LogP contribution >= 0.6 is 11.8 Å². The highest BCUT2D eigenvalue weighted by Gasteiger charge is 2.30. The van der Waals surface area contributed by atoms with Gasteiger partial charge in [0.25, 0.3) is 0 Å². The molecule has 6 heteroatoms. The number of rotatable bonds is 5. The predicted octanol–water partition coefficient (Wildman–Crippen LogP) is 3.19. The monoisotopic (exact) mass is 333 g/mol. The average molecular weight is 333 g/mol. The first-order valence-electron chi connectivity index (χ1n) is 7.21. The Morgan fingerprint density at radius 1 is 1.22 bits per heavy atom. The van der Waals surface area contributed by atoms with Crippen LogP contribution in [0.3, 0.4) is 0 Å². The Bertz CT molecular complexity index is 675. The number of aliphatic carboxylic acids is 1. The van der Waals surface area contributed by atoms with E-state index in [0.717, 1.165) is 16.9 Å². The van der Waals surface area contributed by atoms with Crippen molar-refractivity contribution >= 4 is 17.7 Å². The Kier molecular flexibility index (Phi) is 4.83. The molecular weight excluding hydrogens is 317 g/mol. The lowest BCUT2D eigenvalue weighted by molar-refractivity contribution is -0.136. The summed E-state index contributed by atoms with van der Waals surface area (Å²) in [6, 6.07) is 13.8. The lowest BCUT2D eigenvalue weighted by Crippen LogP contribution is -2.21. The van der Waals surface area contributed by atoms with E-state index in [0.29, 0.717) is 13.2 Å². The minimum atomic E-state index is -0.788. The van der Waals surface area contributed by atoms with Gasteiger partial charge in [-0.3, -0.25) is 10.1 Å². The summed E-state index contributed by atoms with van der Waals surface area (Å²) in [6.45, 7) is 0.838. The van der Waals surface area contributed by atoms with Crippen LogP contribution in [0.4, 0.5) is 4.39 Å². The van der Waals surface area contributed by atoms with Crippen LogP contribution in [0.15, 0.2) is 48.5 Å². The summed E-state index contributed by atoms with van der Waals surface area (Å²) in [6.07, 6.45) is 0. The zero-order chi connectivity index (χ0) is 16.2. The van der Waals surface area contributed by atoms with E-state index in [2.05, 4.69) is 5.32 Å². The molecule has 0 saturated carbocycles. The van der Waals surface area contributed by atoms with Crippen molar-refractivity contribution in [2.75, 3.05) is 6.54 Å². The molecule has 0 aliphatic carbocycles. The van der Waals surface area contributed by atoms with E-state index in [-0.39, 0.29) is 11.2 Å². The van der Waals surface area contributed by atoms with Gasteiger partial charge in [0.2, 0.25) is 0 Å². The van der Waals surface area contributed by atoms with E-state index >= 15 is 0 Å². The molecule has 0 amide bonds. The van der Waals surface area contributed by atoms with Crippen molar-refractivity contribution in [1.82, 2.24) is 5.32 Å². The van der Waals surface area contributed by atoms with E-state index in [4.69, 9.17) is 9.84 Å². The maximum atomic E-state index is 12.8. The second-order valence-corrected chi connectivity index (χ2v) is 6.55. The summed E-state index contributed by atoms with van der Waals surface area (Å²) in [4.78, 5) is 11.0. The van der Waals surface area contributed by atoms with Crippen molar-refractivity contribution in [3.8, 4) is 5.75 Å². The first-order chi connectivity index (χ1) is 11.1. The molecule has 1 fully saturated rings. The molecule has 3 rings (SSSR count). The Labute approximate surface area is 137 Å². The number of ether oxygens (including phenoxy) is 1. The molecule has 2 atom stereocenters. The fourth-order valence-electron chi connectivity index (χ4n) is 2.30. The summed E-state index contributed by atoms with van der Waals surface area (Å²) in [5.41, 5.74) is 1.92. The smallest absolute Gasteiger partial charge is 0.318 e. The van der Waals surface area contributed by atoms with Crippen molar-refractivity contribution in [2.45, 2.75) is 17.2 Å². The zero-order valence-electron chi connectivity index (χ0n) is 12.2. The van der Waals surface area contributed by atoms with Gasteiger partial charge in [-0.1, -0.05) is 24.3 Å². The predicted molar refractivity (Wildman–Crippen MR) is 86.9 cm³/mol. The number of halogens is 1. The van der Waals surface area contributed by atoms with E-state index in [1.807, 2.05) is 24.3 Å². The van der Waals surface area contributed by atoms with Gasteiger partial charge in [0, 0.05) is 6.54 Å². The van der Waals surface area contributed by atoms with Crippen LogP contribution in [0.1, 0.15) is 16.5 Å². The Morgan fingerprint density at radius 2 is 1.91 bits per heavy atom. The number of carbonyl (C=O) groups is 1. The van der Waals surface area contributed by atoms with Gasteiger partial charge in [-0.05, 0) is 35.4 Å². The SMILES string of the molecule is O=C(O)[C@@H]1CN[C@@H](c2ccc(OCc3ccc(F)cc3)cc2)S1. The average Bonchev–Trinajstić information content (AvgIpc) is 3.05. The van der Waals surface area contributed by atoms with E-state index in [1.165, 1.54) is 23.9 Å². The topological polar surface area (TPSA) is 58.6 Å². The molecule has 0 bridgehead atoms. The zero-order valence-corrected chi connectivity index (χ0v) is 13.1. The van der Waals surface area contributed by atoms with Crippen molar-refractivity contribution in [3.05, 3.63) is 65.5 Å². The van der Waals surface area contributed by atoms with E-state index < -0.39 is 11.2 Å². The molecule has 0 aromatic heterocycles. The number of carboxylic acid groups (broad SMARTS) is 1. The lowest BCUT2D eigenvalue weighted by Gasteiger charge is -2.11. The maximum absolute atomic E-state index is 12.8. The Morgan fingerprint density at radius 3 is 2.52 bits per heavy atom. The normalized spacial score (nSPS) is 20.4. The van der Waals surface area contributed by atoms with Crippen molar-refractivity contribution < 1.29 is 19.0 Å². The van der Waals surface area contributed by atoms with Gasteiger partial charge in [-0.25, -0.2) is 4.39 Å². The molecule has 2 N–H and O–H groups in total. The number of carboxylic acids is 1. The third-order valence-electron chi connectivity index (χ3n) is 3.57. The maximum Gasteiger partial charge on any atom is 0.318 e. The fourth-order valence-corrected chi connectivity index (χ4v) is 3.45. The van der Waals surface area contributed by atoms with Crippen LogP contribution in [0, 0.1) is 5.82 Å². The highest BCUT2D eigenvalue weighted by molar-refractivity contribution is 8.01. The number of nitrogens with one attached hydrogen (secondary N) is 1. The van der Waals surface area contributed by atoms with Crippen LogP contribution in [0.5, 0.6) is 5.75 Å². The highest BCUT2D eigenvalue weighted by Crippen LogP contribution is 2.35. The second-order valence-electron chi connectivity index (χ2n) is 5.24. The molecule has 2 aromatic carbocycles. The Balaban J connectivity index is 1.57. The molecule has 1 aliphatic rings. The molecule has 4 nitrogen and oxygen atoms in total. The summed E-state index contributed by atoms with van der Waals surface area (Å²) in [5, 5.41) is 11.8. The largest absolute Gasteiger partial charge is 0.489 e. The van der Waals surface area contributed by atoms with E-state index in [9.17, 15) is 9.18 Å². The lowest BCUT2D eigenvalue weighted by atomic mass is 10.2. The van der Waals surface area contributed by atoms with Gasteiger partial charge in [0.05, 0.1) is 5.37 Å². The molecule has 1 heterocycles. The number of hydrogen-bond acceptors (Lipinski definition) is 4. The van der Waals surface area contributed by atoms with Gasteiger partial charge in [0.15, 0.2) is 0 Å². The van der Waals surface area contributed by atoms with Gasteiger partial charge in [-0.2, -0.15) is 0 Å². The van der Waals surface area contributed by atoms with Crippen LogP contribution in [0.2, 0.25) is 0 Å². The summed E-state index contributed by atoms with van der Waals surface area (Å²) >= 11 is 1.40. The third-order valence-corrected chi connectivity index (χ3v) is 4.97. The summed E-state index contributed by atoms with van der Waals surface area (Å²) < 4.78 is 18.5. The molecular formula is C17H16FNO3S. The van der Waals surface area contributed by atoms with Crippen molar-refractivity contribution in [3.63, 3.8) is 0 Å². The van der Waals surface area contributed by atoms with Crippen molar-refractivity contribution in [2.24, 2.45) is 0 Å². The van der Waals surface area contributed by atoms with E-state index in [1.54, 1.807) is 12.1 Å². The number of benzene rings is 2. The van der Waals surface area contributed by atoms with Crippen molar-refractivity contribution in [1.29, 1.82) is 0 Å². The first-order valence-corrected chi connectivity index (χ1v) is 8.15. The summed E-state index contributed by atoms with van der Waals surface area (Å²) in [5.74, 6) is -0.334. The van der Waals surface area contributed by atoms with Gasteiger partial charge >= 0.3 is 5.97 Å². The third kappa shape index (κ3) is 4.03. The minimum absolute atomic E-state index is 0.0118. The Hall–Kier alpha value is -2.05. The minimum Gasteiger partial charge on any atom is -0.489 e. The molecule has 2 aromatic rings. The standard InChI is InChI=1S/C17H16FNO3S/c18-13-5-1-11(2-6-13)10-22-14-7-3-12(4-8-14)16-19-9-15(23-16)17(20)21/h1-8,15-16,19H,9-10H2,(H,20,21)/t15-,16+/m0/s1. The van der Waals surface area contributed by atoms with Gasteiger partial charge < -0.3 is 9.84 Å². The van der Waals surface area contributed by atoms with Gasteiger partial charge in [-0.15, -0.1) is 11.8 Å². The second kappa shape index (κ2) is 7.02. The number of hydrogen-bond donors (Lipinski definition) is 2. The quantitative estimate of drug-likeness (QED) is 0.880. The molecule has 0 unspecified atom stereocenters. The van der Waals surface area contributed by atoms with Crippen LogP contribution in [-0.2, 0) is 11.4 Å². The summed E-state index contributed by atoms with van der Waals surface area (Å²) in [7, 11) is 0. The highest BCUT2D eigenvalue weighted by atomic mass is 32.2. The number of thioether (sulfide) groups is 1. The van der Waals surface area contributed by atoms with Gasteiger partial charge in [0.1, 0.15) is 23.4 Å².